The zero-order valence-electron chi connectivity index (χ0n) is 11.5. The Balaban J connectivity index is 1.81. The molecule has 0 spiro atoms. The zero-order chi connectivity index (χ0) is 13.3. The van der Waals surface area contributed by atoms with Gasteiger partial charge in [0.15, 0.2) is 0 Å². The summed E-state index contributed by atoms with van der Waals surface area (Å²) in [7, 11) is 0. The summed E-state index contributed by atoms with van der Waals surface area (Å²) < 4.78 is 13.2. The second kappa shape index (κ2) is 8.55. The van der Waals surface area contributed by atoms with Gasteiger partial charge in [-0.25, -0.2) is 0 Å². The van der Waals surface area contributed by atoms with Crippen LogP contribution < -0.4 is 4.46 Å². The number of rotatable bonds is 7. The van der Waals surface area contributed by atoms with E-state index < -0.39 is 0 Å². The summed E-state index contributed by atoms with van der Waals surface area (Å²) in [6, 6.07) is 10.6. The summed E-state index contributed by atoms with van der Waals surface area (Å²) >= 11 is 0.416. The molecule has 0 amide bonds. The van der Waals surface area contributed by atoms with Crippen LogP contribution in [-0.4, -0.2) is 34.0 Å². The first-order valence-corrected chi connectivity index (χ1v) is 9.07. The molecule has 3 heteroatoms. The van der Waals surface area contributed by atoms with Gasteiger partial charge in [0.05, 0.1) is 0 Å². The molecule has 104 valence electrons. The van der Waals surface area contributed by atoms with Crippen LogP contribution in [0.1, 0.15) is 26.2 Å². The Hall–Kier alpha value is -0.601. The molecule has 1 aromatic carbocycles. The summed E-state index contributed by atoms with van der Waals surface area (Å²) in [5.74, 6) is 0. The number of allylic oxidation sites excluding steroid dienone is 1. The molecule has 0 saturated heterocycles. The van der Waals surface area contributed by atoms with E-state index in [1.807, 2.05) is 6.92 Å². The molecule has 0 saturated carbocycles. The van der Waals surface area contributed by atoms with E-state index in [-0.39, 0.29) is 12.4 Å². The Morgan fingerprint density at radius 1 is 1.32 bits per heavy atom. The minimum absolute atomic E-state index is 0.0574. The first kappa shape index (κ1) is 14.8. The fourth-order valence-corrected chi connectivity index (χ4v) is 3.87. The molecule has 2 rings (SSSR count). The Bertz CT molecular complexity index is 378. The van der Waals surface area contributed by atoms with Gasteiger partial charge in [-0.15, -0.1) is 0 Å². The minimum atomic E-state index is -0.0574. The fraction of sp³-hybridized carbons (Fsp3) is 0.500. The van der Waals surface area contributed by atoms with Crippen LogP contribution >= 0.6 is 0 Å². The number of ether oxygens (including phenoxy) is 2. The summed E-state index contributed by atoms with van der Waals surface area (Å²) in [5.41, 5.74) is 0. The third kappa shape index (κ3) is 5.50. The molecule has 2 atom stereocenters. The van der Waals surface area contributed by atoms with Crippen molar-refractivity contribution in [3.05, 3.63) is 42.5 Å². The van der Waals surface area contributed by atoms with E-state index in [0.29, 0.717) is 21.6 Å². The molecule has 0 fully saturated rings. The average Bonchev–Trinajstić information content (AvgIpc) is 2.47. The van der Waals surface area contributed by atoms with Crippen LogP contribution in [-0.2, 0) is 9.47 Å². The Morgan fingerprint density at radius 2 is 2.16 bits per heavy atom. The zero-order valence-corrected chi connectivity index (χ0v) is 13.2. The first-order chi connectivity index (χ1) is 9.38. The number of hydrogen-bond acceptors (Lipinski definition) is 2. The van der Waals surface area contributed by atoms with Crippen molar-refractivity contribution in [2.75, 3.05) is 6.61 Å². The molecule has 0 radical (unpaired) electrons. The monoisotopic (exact) mass is 326 g/mol. The van der Waals surface area contributed by atoms with E-state index in [4.69, 9.17) is 9.47 Å². The van der Waals surface area contributed by atoms with Crippen LogP contribution in [0.5, 0.6) is 0 Å². The molecular formula is C16H22O2Se. The molecule has 1 aromatic rings. The summed E-state index contributed by atoms with van der Waals surface area (Å²) in [4.78, 5) is 0. The second-order valence-electron chi connectivity index (χ2n) is 4.54. The van der Waals surface area contributed by atoms with Gasteiger partial charge in [0, 0.05) is 0 Å². The van der Waals surface area contributed by atoms with E-state index in [0.717, 1.165) is 11.7 Å². The SMILES string of the molecule is CCOC(C[Se]c1ccccc1)OC1C=CCCC1. The Morgan fingerprint density at radius 3 is 2.84 bits per heavy atom. The van der Waals surface area contributed by atoms with Crippen LogP contribution in [0.4, 0.5) is 0 Å². The molecule has 0 aromatic heterocycles. The second-order valence-corrected chi connectivity index (χ2v) is 6.84. The van der Waals surface area contributed by atoms with Gasteiger partial charge >= 0.3 is 122 Å². The first-order valence-electron chi connectivity index (χ1n) is 7.00. The maximum absolute atomic E-state index is 6.06. The van der Waals surface area contributed by atoms with Crippen molar-refractivity contribution < 1.29 is 9.47 Å². The molecule has 1 aliphatic carbocycles. The van der Waals surface area contributed by atoms with Crippen molar-refractivity contribution >= 4 is 19.4 Å². The van der Waals surface area contributed by atoms with Gasteiger partial charge in [-0.1, -0.05) is 0 Å². The van der Waals surface area contributed by atoms with Gasteiger partial charge in [0.1, 0.15) is 0 Å². The molecule has 1 aliphatic rings. The Kier molecular flexibility index (Phi) is 6.66. The van der Waals surface area contributed by atoms with Crippen LogP contribution in [0.15, 0.2) is 42.5 Å². The van der Waals surface area contributed by atoms with E-state index in [9.17, 15) is 0 Å². The molecule has 2 unspecified atom stereocenters. The standard InChI is InChI=1S/C16H22O2Se/c1-2-17-16(18-14-9-5-3-6-10-14)13-19-15-11-7-4-8-12-15/h4-5,7-9,11-12,14,16H,2-3,6,10,13H2,1H3. The quantitative estimate of drug-likeness (QED) is 0.436. The third-order valence-electron chi connectivity index (χ3n) is 3.02. The van der Waals surface area contributed by atoms with Crippen molar-refractivity contribution in [2.45, 2.75) is 43.9 Å². The maximum atomic E-state index is 6.06. The van der Waals surface area contributed by atoms with E-state index in [2.05, 4.69) is 42.5 Å². The summed E-state index contributed by atoms with van der Waals surface area (Å²) in [6.07, 6.45) is 8.13. The third-order valence-corrected chi connectivity index (χ3v) is 5.21. The molecular weight excluding hydrogens is 303 g/mol. The topological polar surface area (TPSA) is 18.5 Å². The van der Waals surface area contributed by atoms with Crippen molar-refractivity contribution in [1.29, 1.82) is 0 Å². The van der Waals surface area contributed by atoms with E-state index >= 15 is 0 Å². The predicted molar refractivity (Wildman–Crippen MR) is 79.9 cm³/mol. The number of hydrogen-bond donors (Lipinski definition) is 0. The van der Waals surface area contributed by atoms with Crippen molar-refractivity contribution in [3.63, 3.8) is 0 Å². The van der Waals surface area contributed by atoms with Crippen LogP contribution in [0, 0.1) is 0 Å². The average molecular weight is 325 g/mol. The van der Waals surface area contributed by atoms with E-state index in [1.165, 1.54) is 17.3 Å². The van der Waals surface area contributed by atoms with Crippen molar-refractivity contribution in [2.24, 2.45) is 0 Å². The molecule has 19 heavy (non-hydrogen) atoms. The van der Waals surface area contributed by atoms with Crippen LogP contribution in [0.25, 0.3) is 0 Å². The van der Waals surface area contributed by atoms with Gasteiger partial charge in [-0.3, -0.25) is 0 Å². The van der Waals surface area contributed by atoms with Crippen molar-refractivity contribution in [3.8, 4) is 0 Å². The molecule has 2 nitrogen and oxygen atoms in total. The molecule has 0 heterocycles. The van der Waals surface area contributed by atoms with Gasteiger partial charge in [0.2, 0.25) is 0 Å². The number of benzene rings is 1. The Labute approximate surface area is 122 Å². The molecule has 0 aliphatic heterocycles. The summed E-state index contributed by atoms with van der Waals surface area (Å²) in [5, 5.41) is 0.981. The van der Waals surface area contributed by atoms with Gasteiger partial charge in [-0.05, 0) is 0 Å². The van der Waals surface area contributed by atoms with Crippen LogP contribution in [0.3, 0.4) is 0 Å². The predicted octanol–water partition coefficient (Wildman–Crippen LogP) is 2.92. The normalized spacial score (nSPS) is 20.4. The van der Waals surface area contributed by atoms with Crippen LogP contribution in [0.2, 0.25) is 5.32 Å². The van der Waals surface area contributed by atoms with Crippen molar-refractivity contribution in [1.82, 2.24) is 0 Å². The fourth-order valence-electron chi connectivity index (χ4n) is 2.08. The molecule has 0 bridgehead atoms. The van der Waals surface area contributed by atoms with Gasteiger partial charge in [0.25, 0.3) is 0 Å². The van der Waals surface area contributed by atoms with E-state index in [1.54, 1.807) is 0 Å². The van der Waals surface area contributed by atoms with Gasteiger partial charge in [-0.2, -0.15) is 0 Å². The summed E-state index contributed by atoms with van der Waals surface area (Å²) in [6.45, 7) is 2.74. The molecule has 0 N–H and O–H groups in total. The van der Waals surface area contributed by atoms with Gasteiger partial charge < -0.3 is 0 Å².